The van der Waals surface area contributed by atoms with Crippen LogP contribution in [0.25, 0.3) is 0 Å². The summed E-state index contributed by atoms with van der Waals surface area (Å²) in [6.07, 6.45) is 5.52. The van der Waals surface area contributed by atoms with E-state index >= 15 is 0 Å². The van der Waals surface area contributed by atoms with Crippen molar-refractivity contribution in [3.8, 4) is 0 Å². The van der Waals surface area contributed by atoms with Gasteiger partial charge in [0.05, 0.1) is 22.9 Å². The molecule has 6 N–H and O–H groups in total. The largest absolute Gasteiger partial charge is 0.397 e. The molecular weight excluding hydrogens is 450 g/mol. The number of aryl methyl sites for hydroxylation is 3. The van der Waals surface area contributed by atoms with E-state index in [1.165, 1.54) is 0 Å². The highest BCUT2D eigenvalue weighted by Gasteiger charge is 2.18. The summed E-state index contributed by atoms with van der Waals surface area (Å²) < 4.78 is 4.87. The number of hydrogen-bond donors (Lipinski definition) is 5. The topological polar surface area (TPSA) is 152 Å². The zero-order valence-electron chi connectivity index (χ0n) is 20.5. The van der Waals surface area contributed by atoms with Gasteiger partial charge in [0.25, 0.3) is 17.7 Å². The minimum atomic E-state index is -0.383. The van der Waals surface area contributed by atoms with Crippen LogP contribution in [0.3, 0.4) is 0 Å². The van der Waals surface area contributed by atoms with Gasteiger partial charge in [-0.15, -0.1) is 0 Å². The maximum atomic E-state index is 12.9. The number of carbonyl (C=O) groups is 3. The van der Waals surface area contributed by atoms with Crippen molar-refractivity contribution < 1.29 is 14.4 Å². The van der Waals surface area contributed by atoms with Crippen LogP contribution in [0.4, 0.5) is 17.1 Å². The Morgan fingerprint density at radius 1 is 0.829 bits per heavy atom. The van der Waals surface area contributed by atoms with Crippen molar-refractivity contribution in [3.05, 3.63) is 53.9 Å². The molecule has 186 valence electrons. The maximum Gasteiger partial charge on any atom is 0.272 e. The monoisotopic (exact) mass is 481 g/mol. The second kappa shape index (κ2) is 10.6. The van der Waals surface area contributed by atoms with Gasteiger partial charge in [0, 0.05) is 66.8 Å². The zero-order chi connectivity index (χ0) is 25.7. The molecule has 0 aliphatic carbocycles. The van der Waals surface area contributed by atoms with Gasteiger partial charge in [0.2, 0.25) is 0 Å². The number of carbonyl (C=O) groups excluding carboxylic acids is 3. The Balaban J connectivity index is 1.64. The first-order chi connectivity index (χ1) is 16.6. The first-order valence-corrected chi connectivity index (χ1v) is 10.9. The third kappa shape index (κ3) is 5.91. The highest BCUT2D eigenvalue weighted by molar-refractivity contribution is 6.07. The molecule has 3 rings (SSSR count). The van der Waals surface area contributed by atoms with E-state index in [4.69, 9.17) is 5.73 Å². The second-order valence-corrected chi connectivity index (χ2v) is 8.05. The van der Waals surface area contributed by atoms with Crippen molar-refractivity contribution in [2.75, 3.05) is 37.0 Å². The molecule has 3 aromatic rings. The molecule has 12 nitrogen and oxygen atoms in total. The SMILES string of the molecule is CN=C(CCNC(=O)c1cc(NC(=O)c2cc(NC(=O)c3cc(N)cn3C)cn2C)cn1C)NC. The molecule has 0 saturated carbocycles. The number of aromatic nitrogens is 3. The molecule has 3 heterocycles. The summed E-state index contributed by atoms with van der Waals surface area (Å²) in [5.41, 5.74) is 8.30. The van der Waals surface area contributed by atoms with E-state index in [0.717, 1.165) is 5.84 Å². The predicted octanol–water partition coefficient (Wildman–Crippen LogP) is 1.16. The molecule has 0 aliphatic heterocycles. The molecule has 0 spiro atoms. The number of aliphatic imine (C=N–C) groups is 1. The number of rotatable bonds is 8. The van der Waals surface area contributed by atoms with Crippen molar-refractivity contribution in [3.63, 3.8) is 0 Å². The van der Waals surface area contributed by atoms with Gasteiger partial charge in [0.15, 0.2) is 0 Å². The van der Waals surface area contributed by atoms with Gasteiger partial charge in [-0.3, -0.25) is 19.4 Å². The molecule has 0 atom stereocenters. The first kappa shape index (κ1) is 25.1. The average Bonchev–Trinajstić information content (AvgIpc) is 3.46. The smallest absolute Gasteiger partial charge is 0.272 e. The summed E-state index contributed by atoms with van der Waals surface area (Å²) in [5, 5.41) is 11.4. The number of nitrogens with one attached hydrogen (secondary N) is 4. The fourth-order valence-corrected chi connectivity index (χ4v) is 3.66. The van der Waals surface area contributed by atoms with Gasteiger partial charge in [0.1, 0.15) is 17.1 Å². The van der Waals surface area contributed by atoms with E-state index in [2.05, 4.69) is 26.3 Å². The average molecular weight is 482 g/mol. The lowest BCUT2D eigenvalue weighted by Crippen LogP contribution is -2.30. The summed E-state index contributed by atoms with van der Waals surface area (Å²) in [6, 6.07) is 4.75. The minimum Gasteiger partial charge on any atom is -0.397 e. The molecule has 0 unspecified atom stereocenters. The molecule has 0 aliphatic rings. The molecule has 0 saturated heterocycles. The maximum absolute atomic E-state index is 12.9. The van der Waals surface area contributed by atoms with Crippen LogP contribution in [0.5, 0.6) is 0 Å². The molecule has 0 aromatic carbocycles. The standard InChI is InChI=1S/C23H31N9O3/c1-25-20(26-2)6-7-27-21(33)18-9-15(12-31(18)4)29-23(35)19-10-16(13-32(19)5)28-22(34)17-8-14(24)11-30(17)3/h8-13H,6-7,24H2,1-5H3,(H,25,26)(H,27,33)(H,28,34)(H,29,35). The Morgan fingerprint density at radius 3 is 1.77 bits per heavy atom. The fourth-order valence-electron chi connectivity index (χ4n) is 3.66. The molecule has 0 fully saturated rings. The summed E-state index contributed by atoms with van der Waals surface area (Å²) >= 11 is 0. The summed E-state index contributed by atoms with van der Waals surface area (Å²) in [6.45, 7) is 0.423. The number of anilines is 3. The van der Waals surface area contributed by atoms with Crippen molar-refractivity contribution in [1.82, 2.24) is 24.3 Å². The van der Waals surface area contributed by atoms with E-state index in [1.54, 1.807) is 85.7 Å². The van der Waals surface area contributed by atoms with Crippen molar-refractivity contribution >= 4 is 40.6 Å². The van der Waals surface area contributed by atoms with Crippen LogP contribution >= 0.6 is 0 Å². The lowest BCUT2D eigenvalue weighted by atomic mass is 10.3. The Labute approximate surface area is 203 Å². The quantitative estimate of drug-likeness (QED) is 0.241. The van der Waals surface area contributed by atoms with Crippen LogP contribution in [0, 0.1) is 0 Å². The van der Waals surface area contributed by atoms with Gasteiger partial charge in [-0.2, -0.15) is 0 Å². The molecular formula is C23H31N9O3. The third-order valence-corrected chi connectivity index (χ3v) is 5.46. The zero-order valence-corrected chi connectivity index (χ0v) is 20.5. The molecule has 12 heteroatoms. The molecule has 3 amide bonds. The van der Waals surface area contributed by atoms with Crippen molar-refractivity contribution in [1.29, 1.82) is 0 Å². The summed E-state index contributed by atoms with van der Waals surface area (Å²) in [7, 11) is 8.61. The van der Waals surface area contributed by atoms with Crippen LogP contribution in [0.1, 0.15) is 37.9 Å². The minimum absolute atomic E-state index is 0.260. The van der Waals surface area contributed by atoms with Crippen molar-refractivity contribution in [2.45, 2.75) is 6.42 Å². The predicted molar refractivity (Wildman–Crippen MR) is 136 cm³/mol. The Morgan fingerprint density at radius 2 is 1.31 bits per heavy atom. The third-order valence-electron chi connectivity index (χ3n) is 5.46. The lowest BCUT2D eigenvalue weighted by Gasteiger charge is -2.07. The van der Waals surface area contributed by atoms with Crippen LogP contribution < -0.4 is 27.0 Å². The fraction of sp³-hybridized carbons (Fsp3) is 0.304. The van der Waals surface area contributed by atoms with Crippen LogP contribution in [-0.2, 0) is 21.1 Å². The van der Waals surface area contributed by atoms with Gasteiger partial charge in [-0.25, -0.2) is 0 Å². The van der Waals surface area contributed by atoms with E-state index in [9.17, 15) is 14.4 Å². The number of nitrogens with zero attached hydrogens (tertiary/aromatic N) is 4. The number of nitrogens with two attached hydrogens (primary N) is 1. The highest BCUT2D eigenvalue weighted by Crippen LogP contribution is 2.19. The highest BCUT2D eigenvalue weighted by atomic mass is 16.2. The summed E-state index contributed by atoms with van der Waals surface area (Å²) in [4.78, 5) is 42.0. The number of amides is 3. The van der Waals surface area contributed by atoms with Gasteiger partial charge >= 0.3 is 0 Å². The number of hydrogen-bond acceptors (Lipinski definition) is 5. The van der Waals surface area contributed by atoms with E-state index in [-0.39, 0.29) is 17.7 Å². The Bertz CT molecular complexity index is 1280. The number of nitrogen functional groups attached to an aromatic ring is 1. The Kier molecular flexibility index (Phi) is 7.64. The van der Waals surface area contributed by atoms with Crippen molar-refractivity contribution in [2.24, 2.45) is 26.1 Å². The second-order valence-electron chi connectivity index (χ2n) is 8.05. The Hall–Kier alpha value is -4.48. The van der Waals surface area contributed by atoms with Crippen LogP contribution in [0.2, 0.25) is 0 Å². The molecule has 3 aromatic heterocycles. The molecule has 0 bridgehead atoms. The summed E-state index contributed by atoms with van der Waals surface area (Å²) in [5.74, 6) is -0.195. The lowest BCUT2D eigenvalue weighted by molar-refractivity contribution is 0.0944. The van der Waals surface area contributed by atoms with E-state index in [1.807, 2.05) is 0 Å². The molecule has 35 heavy (non-hydrogen) atoms. The molecule has 0 radical (unpaired) electrons. The van der Waals surface area contributed by atoms with E-state index in [0.29, 0.717) is 47.1 Å². The van der Waals surface area contributed by atoms with Gasteiger partial charge in [-0.1, -0.05) is 0 Å². The van der Waals surface area contributed by atoms with Crippen LogP contribution in [-0.4, -0.2) is 57.9 Å². The van der Waals surface area contributed by atoms with Crippen LogP contribution in [0.15, 0.2) is 41.8 Å². The van der Waals surface area contributed by atoms with Gasteiger partial charge < -0.3 is 40.7 Å². The first-order valence-electron chi connectivity index (χ1n) is 10.9. The van der Waals surface area contributed by atoms with Gasteiger partial charge in [-0.05, 0) is 18.2 Å². The van der Waals surface area contributed by atoms with E-state index < -0.39 is 0 Å². The normalized spacial score (nSPS) is 11.3. The number of amidine groups is 1.